The maximum absolute atomic E-state index is 12.4. The maximum atomic E-state index is 12.4. The van der Waals surface area contributed by atoms with Crippen molar-refractivity contribution in [3.05, 3.63) is 76.0 Å². The SMILES string of the molecule is COc1ccc(CC(NC(=O)Nc2ccc(C)cc2)c2noc(=O)[nH]2)cc1. The van der Waals surface area contributed by atoms with Gasteiger partial charge >= 0.3 is 11.8 Å². The van der Waals surface area contributed by atoms with Crippen LogP contribution >= 0.6 is 0 Å². The van der Waals surface area contributed by atoms with E-state index in [4.69, 9.17) is 4.74 Å². The molecule has 140 valence electrons. The molecule has 27 heavy (non-hydrogen) atoms. The Labute approximate surface area is 155 Å². The number of aromatic amines is 1. The quantitative estimate of drug-likeness (QED) is 0.620. The van der Waals surface area contributed by atoms with Crippen molar-refractivity contribution in [3.8, 4) is 5.75 Å². The Balaban J connectivity index is 1.74. The highest BCUT2D eigenvalue weighted by atomic mass is 16.5. The molecule has 2 aromatic carbocycles. The summed E-state index contributed by atoms with van der Waals surface area (Å²) in [6.45, 7) is 1.97. The molecule has 3 N–H and O–H groups in total. The van der Waals surface area contributed by atoms with Crippen LogP contribution in [-0.4, -0.2) is 23.3 Å². The first-order valence-corrected chi connectivity index (χ1v) is 8.36. The van der Waals surface area contributed by atoms with E-state index in [0.717, 1.165) is 16.9 Å². The standard InChI is InChI=1S/C19H20N4O4/c1-12-3-7-14(8-4-12)20-18(24)21-16(17-22-19(25)27-23-17)11-13-5-9-15(26-2)10-6-13/h3-10,16H,11H2,1-2H3,(H2,20,21,24)(H,22,23,25). The number of aryl methyl sites for hydroxylation is 1. The molecule has 1 aromatic heterocycles. The van der Waals surface area contributed by atoms with Crippen LogP contribution in [0.25, 0.3) is 0 Å². The van der Waals surface area contributed by atoms with Crippen molar-refractivity contribution < 1.29 is 14.1 Å². The lowest BCUT2D eigenvalue weighted by molar-refractivity contribution is 0.247. The number of hydrogen-bond donors (Lipinski definition) is 3. The highest BCUT2D eigenvalue weighted by molar-refractivity contribution is 5.89. The van der Waals surface area contributed by atoms with Crippen LogP contribution in [0.3, 0.4) is 0 Å². The summed E-state index contributed by atoms with van der Waals surface area (Å²) < 4.78 is 9.73. The zero-order valence-corrected chi connectivity index (χ0v) is 15.0. The largest absolute Gasteiger partial charge is 0.497 e. The van der Waals surface area contributed by atoms with Gasteiger partial charge in [0.1, 0.15) is 5.75 Å². The number of nitrogens with zero attached hydrogens (tertiary/aromatic N) is 1. The minimum atomic E-state index is -0.675. The molecule has 0 fully saturated rings. The van der Waals surface area contributed by atoms with E-state index in [0.29, 0.717) is 12.1 Å². The predicted molar refractivity (Wildman–Crippen MR) is 99.9 cm³/mol. The van der Waals surface area contributed by atoms with Crippen molar-refractivity contribution in [2.24, 2.45) is 0 Å². The van der Waals surface area contributed by atoms with Gasteiger partial charge in [0.15, 0.2) is 5.82 Å². The Hall–Kier alpha value is -3.55. The average Bonchev–Trinajstić information content (AvgIpc) is 3.10. The number of urea groups is 1. The second kappa shape index (κ2) is 8.22. The van der Waals surface area contributed by atoms with Crippen molar-refractivity contribution in [2.45, 2.75) is 19.4 Å². The highest BCUT2D eigenvalue weighted by Crippen LogP contribution is 2.18. The zero-order valence-electron chi connectivity index (χ0n) is 15.0. The van der Waals surface area contributed by atoms with E-state index in [9.17, 15) is 9.59 Å². The third kappa shape index (κ3) is 4.97. The average molecular weight is 368 g/mol. The molecular formula is C19H20N4O4. The molecule has 2 amide bonds. The van der Waals surface area contributed by atoms with Gasteiger partial charge in [-0.3, -0.25) is 9.51 Å². The number of nitrogens with one attached hydrogen (secondary N) is 3. The summed E-state index contributed by atoms with van der Waals surface area (Å²) in [6.07, 6.45) is 0.411. The Morgan fingerprint density at radius 1 is 1.19 bits per heavy atom. The number of H-pyrrole nitrogens is 1. The molecule has 0 spiro atoms. The van der Waals surface area contributed by atoms with Crippen LogP contribution in [0.5, 0.6) is 5.75 Å². The van der Waals surface area contributed by atoms with Crippen LogP contribution in [0.15, 0.2) is 57.8 Å². The van der Waals surface area contributed by atoms with Gasteiger partial charge < -0.3 is 15.4 Å². The molecule has 0 radical (unpaired) electrons. The van der Waals surface area contributed by atoms with E-state index in [-0.39, 0.29) is 5.82 Å². The third-order valence-electron chi connectivity index (χ3n) is 4.00. The van der Waals surface area contributed by atoms with Crippen LogP contribution in [0.2, 0.25) is 0 Å². The molecule has 0 aliphatic rings. The molecule has 3 aromatic rings. The van der Waals surface area contributed by atoms with E-state index < -0.39 is 17.8 Å². The van der Waals surface area contributed by atoms with Gasteiger partial charge in [0.25, 0.3) is 0 Å². The summed E-state index contributed by atoms with van der Waals surface area (Å²) in [5, 5.41) is 9.28. The van der Waals surface area contributed by atoms with Crippen molar-refractivity contribution in [2.75, 3.05) is 12.4 Å². The molecule has 8 nitrogen and oxygen atoms in total. The lowest BCUT2D eigenvalue weighted by Crippen LogP contribution is -2.34. The van der Waals surface area contributed by atoms with Crippen LogP contribution in [-0.2, 0) is 6.42 Å². The summed E-state index contributed by atoms with van der Waals surface area (Å²) in [7, 11) is 1.59. The Morgan fingerprint density at radius 2 is 1.89 bits per heavy atom. The fourth-order valence-electron chi connectivity index (χ4n) is 2.57. The van der Waals surface area contributed by atoms with Crippen molar-refractivity contribution >= 4 is 11.7 Å². The van der Waals surface area contributed by atoms with Gasteiger partial charge in [-0.15, -0.1) is 0 Å². The number of amides is 2. The Morgan fingerprint density at radius 3 is 2.48 bits per heavy atom. The van der Waals surface area contributed by atoms with Gasteiger partial charge in [-0.1, -0.05) is 35.0 Å². The first kappa shape index (κ1) is 18.2. The Kier molecular flexibility index (Phi) is 5.55. The van der Waals surface area contributed by atoms with Crippen molar-refractivity contribution in [1.82, 2.24) is 15.5 Å². The van der Waals surface area contributed by atoms with Gasteiger partial charge in [0.2, 0.25) is 0 Å². The smallest absolute Gasteiger partial charge is 0.438 e. The number of methoxy groups -OCH3 is 1. The molecule has 0 aliphatic carbocycles. The number of carbonyl (C=O) groups excluding carboxylic acids is 1. The molecular weight excluding hydrogens is 348 g/mol. The lowest BCUT2D eigenvalue weighted by atomic mass is 10.1. The normalized spacial score (nSPS) is 11.6. The van der Waals surface area contributed by atoms with E-state index in [2.05, 4.69) is 25.3 Å². The summed E-state index contributed by atoms with van der Waals surface area (Å²) in [5.74, 6) is 0.301. The number of hydrogen-bond acceptors (Lipinski definition) is 5. The van der Waals surface area contributed by atoms with Gasteiger partial charge in [-0.25, -0.2) is 9.59 Å². The third-order valence-corrected chi connectivity index (χ3v) is 4.00. The van der Waals surface area contributed by atoms with Crippen molar-refractivity contribution in [3.63, 3.8) is 0 Å². The first-order valence-electron chi connectivity index (χ1n) is 8.36. The maximum Gasteiger partial charge on any atom is 0.438 e. The van der Waals surface area contributed by atoms with Gasteiger partial charge in [0.05, 0.1) is 13.2 Å². The van der Waals surface area contributed by atoms with E-state index in [1.165, 1.54) is 0 Å². The zero-order chi connectivity index (χ0) is 19.2. The topological polar surface area (TPSA) is 109 Å². The van der Waals surface area contributed by atoms with Gasteiger partial charge in [0, 0.05) is 12.1 Å². The van der Waals surface area contributed by atoms with E-state index >= 15 is 0 Å². The first-order chi connectivity index (χ1) is 13.0. The predicted octanol–water partition coefficient (Wildman–Crippen LogP) is 2.79. The summed E-state index contributed by atoms with van der Waals surface area (Å²) >= 11 is 0. The minimum Gasteiger partial charge on any atom is -0.497 e. The number of benzene rings is 2. The lowest BCUT2D eigenvalue weighted by Gasteiger charge is -2.17. The second-order valence-electron chi connectivity index (χ2n) is 6.05. The number of anilines is 1. The summed E-state index contributed by atoms with van der Waals surface area (Å²) in [6, 6.07) is 13.8. The molecule has 0 bridgehead atoms. The monoisotopic (exact) mass is 368 g/mol. The number of ether oxygens (including phenoxy) is 1. The van der Waals surface area contributed by atoms with Crippen LogP contribution in [0, 0.1) is 6.92 Å². The van der Waals surface area contributed by atoms with E-state index in [1.54, 1.807) is 7.11 Å². The molecule has 0 aliphatic heterocycles. The molecule has 0 saturated heterocycles. The number of carbonyl (C=O) groups is 1. The molecule has 1 unspecified atom stereocenters. The fraction of sp³-hybridized carbons (Fsp3) is 0.211. The van der Waals surface area contributed by atoms with Crippen LogP contribution < -0.4 is 21.1 Å². The molecule has 1 atom stereocenters. The minimum absolute atomic E-state index is 0.245. The van der Waals surface area contributed by atoms with Crippen LogP contribution in [0.1, 0.15) is 23.0 Å². The number of aromatic nitrogens is 2. The van der Waals surface area contributed by atoms with E-state index in [1.807, 2.05) is 55.5 Å². The van der Waals surface area contributed by atoms with Gasteiger partial charge in [-0.2, -0.15) is 0 Å². The summed E-state index contributed by atoms with van der Waals surface area (Å²) in [5.41, 5.74) is 2.69. The van der Waals surface area contributed by atoms with Crippen LogP contribution in [0.4, 0.5) is 10.5 Å². The van der Waals surface area contributed by atoms with Crippen molar-refractivity contribution in [1.29, 1.82) is 0 Å². The van der Waals surface area contributed by atoms with Gasteiger partial charge in [-0.05, 0) is 36.8 Å². The molecule has 0 saturated carbocycles. The molecule has 3 rings (SSSR count). The fourth-order valence-corrected chi connectivity index (χ4v) is 2.57. The molecule has 1 heterocycles. The summed E-state index contributed by atoms with van der Waals surface area (Å²) in [4.78, 5) is 26.2. The number of rotatable bonds is 6. The second-order valence-corrected chi connectivity index (χ2v) is 6.05. The Bertz CT molecular complexity index is 945. The highest BCUT2D eigenvalue weighted by Gasteiger charge is 2.20. The molecule has 8 heteroatoms.